The number of halogens is 1. The van der Waals surface area contributed by atoms with Gasteiger partial charge in [-0.25, -0.2) is 4.62 Å². The third kappa shape index (κ3) is 7.05. The van der Waals surface area contributed by atoms with E-state index in [0.29, 0.717) is 13.0 Å². The molecule has 88 valence electrons. The number of nitrogens with one attached hydrogen (secondary N) is 1. The highest BCUT2D eigenvalue weighted by Gasteiger charge is 2.18. The summed E-state index contributed by atoms with van der Waals surface area (Å²) in [7, 11) is -1.20. The van der Waals surface area contributed by atoms with Crippen molar-refractivity contribution in [2.24, 2.45) is 0 Å². The Morgan fingerprint density at radius 2 is 1.93 bits per heavy atom. The van der Waals surface area contributed by atoms with E-state index >= 15 is 0 Å². The van der Waals surface area contributed by atoms with Gasteiger partial charge in [-0.05, 0) is 38.9 Å². The molecule has 0 fully saturated rings. The minimum absolute atomic E-state index is 0.284. The summed E-state index contributed by atoms with van der Waals surface area (Å²) in [6.07, 6.45) is 0.443. The third-order valence-electron chi connectivity index (χ3n) is 1.66. The summed E-state index contributed by atoms with van der Waals surface area (Å²) in [5.74, 6) is 0. The van der Waals surface area contributed by atoms with E-state index in [4.69, 9.17) is 21.1 Å². The van der Waals surface area contributed by atoms with E-state index in [1.807, 2.05) is 11.1 Å². The van der Waals surface area contributed by atoms with Gasteiger partial charge in [0.2, 0.25) is 7.65 Å². The molecule has 6 heteroatoms. The number of hydrogen-bond donors (Lipinski definition) is 1. The Balaban J connectivity index is 3.90. The molecule has 1 N–H and O–H groups in total. The van der Waals surface area contributed by atoms with Crippen LogP contribution in [-0.4, -0.2) is 23.7 Å². The molecular formula is C9H19ClN3OP. The van der Waals surface area contributed by atoms with Crippen LogP contribution in [0.1, 0.15) is 34.1 Å². The molecule has 0 aliphatic heterocycles. The first-order valence-corrected chi connectivity index (χ1v) is 7.18. The summed E-state index contributed by atoms with van der Waals surface area (Å²) in [5, 5.41) is 13.2. The lowest BCUT2D eigenvalue weighted by Crippen LogP contribution is -2.36. The Morgan fingerprint density at radius 1 is 1.40 bits per heavy atom. The zero-order valence-electron chi connectivity index (χ0n) is 9.70. The molecule has 0 radical (unpaired) electrons. The van der Waals surface area contributed by atoms with Crippen molar-refractivity contribution in [2.75, 3.05) is 6.54 Å². The van der Waals surface area contributed by atoms with E-state index < -0.39 is 7.65 Å². The molecule has 0 bridgehead atoms. The van der Waals surface area contributed by atoms with Crippen molar-refractivity contribution in [1.82, 2.24) is 10.2 Å². The summed E-state index contributed by atoms with van der Waals surface area (Å²) >= 11 is 5.98. The van der Waals surface area contributed by atoms with E-state index in [2.05, 4.69) is 32.8 Å². The van der Waals surface area contributed by atoms with Gasteiger partial charge in [-0.3, -0.25) is 5.09 Å². The average molecular weight is 252 g/mol. The maximum Gasteiger partial charge on any atom is 0.224 e. The molecular weight excluding hydrogens is 233 g/mol. The summed E-state index contributed by atoms with van der Waals surface area (Å²) in [6.45, 7) is 8.77. The smallest absolute Gasteiger partial charge is 0.224 e. The van der Waals surface area contributed by atoms with Crippen LogP contribution in [-0.2, 0) is 4.62 Å². The molecule has 0 spiro atoms. The molecule has 1 atom stereocenters. The summed E-state index contributed by atoms with van der Waals surface area (Å²) < 4.78 is 5.56. The molecule has 0 aliphatic rings. The SMILES string of the molecule is CC(C)N(OP(Cl)NCCC#N)C(C)C. The number of hydrogen-bond acceptors (Lipinski definition) is 4. The number of nitrogens with zero attached hydrogens (tertiary/aromatic N) is 2. The maximum absolute atomic E-state index is 8.36. The monoisotopic (exact) mass is 251 g/mol. The van der Waals surface area contributed by atoms with Gasteiger partial charge >= 0.3 is 0 Å². The maximum atomic E-state index is 8.36. The number of rotatable bonds is 7. The van der Waals surface area contributed by atoms with E-state index in [0.717, 1.165) is 0 Å². The number of hydroxylamine groups is 2. The lowest BCUT2D eigenvalue weighted by molar-refractivity contribution is -0.101. The topological polar surface area (TPSA) is 48.3 Å². The van der Waals surface area contributed by atoms with Crippen LogP contribution in [0.4, 0.5) is 0 Å². The van der Waals surface area contributed by atoms with Crippen LogP contribution < -0.4 is 5.09 Å². The van der Waals surface area contributed by atoms with Crippen molar-refractivity contribution >= 4 is 18.9 Å². The second-order valence-electron chi connectivity index (χ2n) is 3.69. The molecule has 0 aromatic heterocycles. The summed E-state index contributed by atoms with van der Waals surface area (Å²) in [6, 6.07) is 2.61. The first-order valence-electron chi connectivity index (χ1n) is 5.01. The largest absolute Gasteiger partial charge is 0.259 e. The van der Waals surface area contributed by atoms with E-state index in [9.17, 15) is 0 Å². The van der Waals surface area contributed by atoms with Crippen molar-refractivity contribution in [3.8, 4) is 6.07 Å². The molecule has 0 amide bonds. The highest BCUT2D eigenvalue weighted by molar-refractivity contribution is 7.78. The van der Waals surface area contributed by atoms with Gasteiger partial charge in [-0.2, -0.15) is 10.3 Å². The van der Waals surface area contributed by atoms with Crippen LogP contribution in [0.3, 0.4) is 0 Å². The van der Waals surface area contributed by atoms with Crippen LogP contribution >= 0.6 is 18.9 Å². The summed E-state index contributed by atoms with van der Waals surface area (Å²) in [4.78, 5) is 0. The van der Waals surface area contributed by atoms with Crippen molar-refractivity contribution in [2.45, 2.75) is 46.2 Å². The van der Waals surface area contributed by atoms with Gasteiger partial charge < -0.3 is 0 Å². The van der Waals surface area contributed by atoms with Crippen LogP contribution in [0.25, 0.3) is 0 Å². The average Bonchev–Trinajstić information content (AvgIpc) is 2.13. The minimum Gasteiger partial charge on any atom is -0.259 e. The van der Waals surface area contributed by atoms with Crippen LogP contribution in [0, 0.1) is 11.3 Å². The fourth-order valence-electron chi connectivity index (χ4n) is 1.10. The Hall–Kier alpha value is 0.0900. The Morgan fingerprint density at radius 3 is 2.33 bits per heavy atom. The molecule has 0 aromatic carbocycles. The normalized spacial score (nSPS) is 13.5. The van der Waals surface area contributed by atoms with Crippen LogP contribution in [0.15, 0.2) is 0 Å². The van der Waals surface area contributed by atoms with E-state index in [1.54, 1.807) is 0 Å². The van der Waals surface area contributed by atoms with Gasteiger partial charge in [0.25, 0.3) is 0 Å². The second-order valence-corrected chi connectivity index (χ2v) is 5.58. The molecule has 0 heterocycles. The van der Waals surface area contributed by atoms with Crippen molar-refractivity contribution in [1.29, 1.82) is 5.26 Å². The fraction of sp³-hybridized carbons (Fsp3) is 0.889. The molecule has 0 rings (SSSR count). The van der Waals surface area contributed by atoms with Crippen molar-refractivity contribution < 1.29 is 4.62 Å². The molecule has 0 aliphatic carbocycles. The van der Waals surface area contributed by atoms with E-state index in [1.165, 1.54) is 0 Å². The molecule has 0 saturated heterocycles. The van der Waals surface area contributed by atoms with Crippen molar-refractivity contribution in [3.63, 3.8) is 0 Å². The van der Waals surface area contributed by atoms with Crippen molar-refractivity contribution in [3.05, 3.63) is 0 Å². The predicted molar refractivity (Wildman–Crippen MR) is 64.2 cm³/mol. The molecule has 4 nitrogen and oxygen atoms in total. The van der Waals surface area contributed by atoms with Gasteiger partial charge in [0, 0.05) is 25.0 Å². The molecule has 1 unspecified atom stereocenters. The number of nitriles is 1. The summed E-state index contributed by atoms with van der Waals surface area (Å²) in [5.41, 5.74) is 0. The molecule has 0 aromatic rings. The van der Waals surface area contributed by atoms with Gasteiger partial charge in [-0.1, -0.05) is 0 Å². The molecule has 0 saturated carbocycles. The Labute approximate surface area is 98.2 Å². The quantitative estimate of drug-likeness (QED) is 0.429. The van der Waals surface area contributed by atoms with Crippen LogP contribution in [0.5, 0.6) is 0 Å². The lowest BCUT2D eigenvalue weighted by Gasteiger charge is -2.30. The second kappa shape index (κ2) is 8.27. The zero-order chi connectivity index (χ0) is 11.8. The van der Waals surface area contributed by atoms with Crippen LogP contribution in [0.2, 0.25) is 0 Å². The van der Waals surface area contributed by atoms with Gasteiger partial charge in [0.15, 0.2) is 0 Å². The van der Waals surface area contributed by atoms with Gasteiger partial charge in [0.05, 0.1) is 6.07 Å². The highest BCUT2D eigenvalue weighted by Crippen LogP contribution is 2.39. The fourth-order valence-corrected chi connectivity index (χ4v) is 2.45. The zero-order valence-corrected chi connectivity index (χ0v) is 11.3. The third-order valence-corrected chi connectivity index (χ3v) is 3.00. The lowest BCUT2D eigenvalue weighted by atomic mass is 10.3. The standard InChI is InChI=1S/C9H19ClN3OP/c1-8(2)13(9(3)4)14-15(10)12-7-5-6-11/h8-9,12H,5,7H2,1-4H3. The van der Waals surface area contributed by atoms with Gasteiger partial charge in [-0.15, -0.1) is 0 Å². The highest BCUT2D eigenvalue weighted by atomic mass is 35.7. The minimum atomic E-state index is -1.20. The Kier molecular flexibility index (Phi) is 8.32. The predicted octanol–water partition coefficient (Wildman–Crippen LogP) is 3.01. The van der Waals surface area contributed by atoms with E-state index in [-0.39, 0.29) is 12.1 Å². The first-order chi connectivity index (χ1) is 6.99. The first kappa shape index (κ1) is 15.1. The van der Waals surface area contributed by atoms with Gasteiger partial charge in [0.1, 0.15) is 0 Å². The molecule has 15 heavy (non-hydrogen) atoms. The Bertz CT molecular complexity index is 200.